The third-order valence-corrected chi connectivity index (χ3v) is 0.518. The Morgan fingerprint density at radius 1 is 0.923 bits per heavy atom. The van der Waals surface area contributed by atoms with E-state index in [1.165, 1.54) is 0 Å². The zero-order valence-corrected chi connectivity index (χ0v) is 10.5. The average Bonchev–Trinajstić information content (AvgIpc) is 2.24. The van der Waals surface area contributed by atoms with Gasteiger partial charge in [0.1, 0.15) is 0 Å². The van der Waals surface area contributed by atoms with Gasteiger partial charge in [0.2, 0.25) is 0 Å². The molecule has 3 heteroatoms. The standard InChI is InChI=1S/C4H11N3.3C2H6/c1-2-3-7-4(5)6;3*1-2/h2-3H2,1H3,(H4,5,6,7);3*1-2H3. The average molecular weight is 191 g/mol. The summed E-state index contributed by atoms with van der Waals surface area (Å²) in [6.07, 6.45) is 0.998. The molecule has 0 aromatic carbocycles. The fraction of sp³-hybridized carbons (Fsp3) is 0.900. The Labute approximate surface area is 84.6 Å². The maximum Gasteiger partial charge on any atom is 0.185 e. The van der Waals surface area contributed by atoms with E-state index in [0.29, 0.717) is 0 Å². The van der Waals surface area contributed by atoms with Crippen LogP contribution >= 0.6 is 0 Å². The van der Waals surface area contributed by atoms with Crippen molar-refractivity contribution >= 4 is 5.96 Å². The summed E-state index contributed by atoms with van der Waals surface area (Å²) in [6.45, 7) is 14.8. The van der Waals surface area contributed by atoms with Gasteiger partial charge in [0.15, 0.2) is 5.96 Å². The van der Waals surface area contributed by atoms with Gasteiger partial charge >= 0.3 is 0 Å². The lowest BCUT2D eigenvalue weighted by Gasteiger charge is -1.86. The molecule has 0 rings (SSSR count). The summed E-state index contributed by atoms with van der Waals surface area (Å²) in [7, 11) is 0. The normalized spacial score (nSPS) is 5.77. The minimum absolute atomic E-state index is 0.182. The van der Waals surface area contributed by atoms with Crippen LogP contribution in [0.3, 0.4) is 0 Å². The first-order valence-electron chi connectivity index (χ1n) is 5.32. The summed E-state index contributed by atoms with van der Waals surface area (Å²) in [5.41, 5.74) is 10.0. The van der Waals surface area contributed by atoms with Crippen LogP contribution in [-0.2, 0) is 0 Å². The molecule has 0 fully saturated rings. The molecule has 0 atom stereocenters. The highest BCUT2D eigenvalue weighted by atomic mass is 15.0. The zero-order valence-electron chi connectivity index (χ0n) is 10.5. The van der Waals surface area contributed by atoms with Gasteiger partial charge in [-0.25, -0.2) is 0 Å². The molecule has 0 heterocycles. The lowest BCUT2D eigenvalue weighted by molar-refractivity contribution is 0.927. The SMILES string of the molecule is CC.CC.CC.CCCN=C(N)N. The minimum atomic E-state index is 0.182. The first-order valence-corrected chi connectivity index (χ1v) is 5.32. The molecule has 0 aromatic rings. The van der Waals surface area contributed by atoms with Gasteiger partial charge in [0.05, 0.1) is 0 Å². The van der Waals surface area contributed by atoms with Crippen LogP contribution < -0.4 is 11.5 Å². The van der Waals surface area contributed by atoms with E-state index in [4.69, 9.17) is 11.5 Å². The number of nitrogens with two attached hydrogens (primary N) is 2. The van der Waals surface area contributed by atoms with Crippen molar-refractivity contribution in [2.24, 2.45) is 16.5 Å². The van der Waals surface area contributed by atoms with Crippen molar-refractivity contribution in [3.63, 3.8) is 0 Å². The molecule has 0 saturated carbocycles. The lowest BCUT2D eigenvalue weighted by Crippen LogP contribution is -2.22. The molecule has 0 amide bonds. The molecule has 0 aliphatic carbocycles. The van der Waals surface area contributed by atoms with Crippen LogP contribution in [0.15, 0.2) is 4.99 Å². The molecule has 0 bridgehead atoms. The van der Waals surface area contributed by atoms with Gasteiger partial charge in [0.25, 0.3) is 0 Å². The first kappa shape index (κ1) is 22.8. The number of hydrogen-bond donors (Lipinski definition) is 2. The van der Waals surface area contributed by atoms with Crippen molar-refractivity contribution < 1.29 is 0 Å². The molecule has 3 nitrogen and oxygen atoms in total. The Bertz CT molecular complexity index is 66.6. The molecule has 0 aliphatic heterocycles. The van der Waals surface area contributed by atoms with Gasteiger partial charge in [-0.15, -0.1) is 0 Å². The Morgan fingerprint density at radius 2 is 1.23 bits per heavy atom. The van der Waals surface area contributed by atoms with E-state index in [9.17, 15) is 0 Å². The summed E-state index contributed by atoms with van der Waals surface area (Å²) in [6, 6.07) is 0. The van der Waals surface area contributed by atoms with Gasteiger partial charge < -0.3 is 11.5 Å². The van der Waals surface area contributed by atoms with E-state index >= 15 is 0 Å². The lowest BCUT2D eigenvalue weighted by atomic mass is 10.5. The van der Waals surface area contributed by atoms with Gasteiger partial charge in [-0.05, 0) is 6.42 Å². The topological polar surface area (TPSA) is 64.4 Å². The summed E-state index contributed by atoms with van der Waals surface area (Å²) in [4.78, 5) is 3.72. The van der Waals surface area contributed by atoms with E-state index < -0.39 is 0 Å². The quantitative estimate of drug-likeness (QED) is 0.520. The number of guanidine groups is 1. The molecule has 0 radical (unpaired) electrons. The van der Waals surface area contributed by atoms with Crippen LogP contribution in [0.4, 0.5) is 0 Å². The first-order chi connectivity index (χ1) is 6.27. The second-order valence-electron chi connectivity index (χ2n) is 1.31. The predicted octanol–water partition coefficient (Wildman–Crippen LogP) is 2.75. The molecular formula is C10H29N3. The number of hydrogen-bond acceptors (Lipinski definition) is 1. The second kappa shape index (κ2) is 42.8. The van der Waals surface area contributed by atoms with Crippen LogP contribution in [0.1, 0.15) is 54.9 Å². The fourth-order valence-electron chi connectivity index (χ4n) is 0.241. The van der Waals surface area contributed by atoms with E-state index in [-0.39, 0.29) is 5.96 Å². The van der Waals surface area contributed by atoms with Gasteiger partial charge in [-0.2, -0.15) is 0 Å². The minimum Gasteiger partial charge on any atom is -0.370 e. The summed E-state index contributed by atoms with van der Waals surface area (Å²) >= 11 is 0. The molecule has 84 valence electrons. The van der Waals surface area contributed by atoms with Crippen molar-refractivity contribution in [3.8, 4) is 0 Å². The third kappa shape index (κ3) is 90.6. The maximum atomic E-state index is 5.01. The fourth-order valence-corrected chi connectivity index (χ4v) is 0.241. The van der Waals surface area contributed by atoms with E-state index in [2.05, 4.69) is 4.99 Å². The van der Waals surface area contributed by atoms with Gasteiger partial charge in [-0.1, -0.05) is 48.5 Å². The molecule has 4 N–H and O–H groups in total. The van der Waals surface area contributed by atoms with Crippen molar-refractivity contribution in [1.82, 2.24) is 0 Å². The predicted molar refractivity (Wildman–Crippen MR) is 65.0 cm³/mol. The van der Waals surface area contributed by atoms with E-state index in [1.54, 1.807) is 0 Å². The van der Waals surface area contributed by atoms with Crippen LogP contribution in [-0.4, -0.2) is 12.5 Å². The summed E-state index contributed by atoms with van der Waals surface area (Å²) < 4.78 is 0. The maximum absolute atomic E-state index is 5.01. The highest BCUT2D eigenvalue weighted by Crippen LogP contribution is 1.73. The van der Waals surface area contributed by atoms with Crippen molar-refractivity contribution in [3.05, 3.63) is 0 Å². The van der Waals surface area contributed by atoms with Crippen molar-refractivity contribution in [2.45, 2.75) is 54.9 Å². The number of nitrogens with zero attached hydrogens (tertiary/aromatic N) is 1. The van der Waals surface area contributed by atoms with Crippen molar-refractivity contribution in [2.75, 3.05) is 6.54 Å². The van der Waals surface area contributed by atoms with E-state index in [1.807, 2.05) is 48.5 Å². The smallest absolute Gasteiger partial charge is 0.185 e. The van der Waals surface area contributed by atoms with Gasteiger partial charge in [0, 0.05) is 6.54 Å². The number of aliphatic imine (C=N–C) groups is 1. The largest absolute Gasteiger partial charge is 0.370 e. The summed E-state index contributed by atoms with van der Waals surface area (Å²) in [5, 5.41) is 0. The highest BCUT2D eigenvalue weighted by molar-refractivity contribution is 5.75. The summed E-state index contributed by atoms with van der Waals surface area (Å²) in [5.74, 6) is 0.182. The van der Waals surface area contributed by atoms with Gasteiger partial charge in [-0.3, -0.25) is 4.99 Å². The highest BCUT2D eigenvalue weighted by Gasteiger charge is 1.74. The molecule has 0 aromatic heterocycles. The second-order valence-corrected chi connectivity index (χ2v) is 1.31. The molecule has 0 aliphatic rings. The van der Waals surface area contributed by atoms with Crippen LogP contribution in [0.25, 0.3) is 0 Å². The Kier molecular flexibility index (Phi) is 75.0. The molecular weight excluding hydrogens is 162 g/mol. The third-order valence-electron chi connectivity index (χ3n) is 0.518. The monoisotopic (exact) mass is 191 g/mol. The van der Waals surface area contributed by atoms with Crippen LogP contribution in [0.2, 0.25) is 0 Å². The van der Waals surface area contributed by atoms with E-state index in [0.717, 1.165) is 13.0 Å². The van der Waals surface area contributed by atoms with Crippen LogP contribution in [0.5, 0.6) is 0 Å². The van der Waals surface area contributed by atoms with Crippen LogP contribution in [0, 0.1) is 0 Å². The number of rotatable bonds is 2. The Hall–Kier alpha value is -0.730. The zero-order chi connectivity index (χ0) is 11.7. The molecule has 0 unspecified atom stereocenters. The Morgan fingerprint density at radius 3 is 1.31 bits per heavy atom. The molecule has 0 spiro atoms. The van der Waals surface area contributed by atoms with Crippen molar-refractivity contribution in [1.29, 1.82) is 0 Å². The Balaban J connectivity index is -0.0000000573. The molecule has 0 saturated heterocycles. The molecule has 13 heavy (non-hydrogen) atoms.